The van der Waals surface area contributed by atoms with Gasteiger partial charge in [-0.2, -0.15) is 0 Å². The van der Waals surface area contributed by atoms with E-state index in [1.54, 1.807) is 0 Å². The number of hydrogen-bond donors (Lipinski definition) is 2. The molecule has 2 N–H and O–H groups in total. The van der Waals surface area contributed by atoms with E-state index in [0.717, 1.165) is 30.6 Å². The second-order valence-electron chi connectivity index (χ2n) is 3.49. The molecule has 1 aliphatic rings. The Hall–Kier alpha value is -0.870. The number of aryl methyl sites for hydroxylation is 1. The lowest BCUT2D eigenvalue weighted by atomic mass is 10.0. The Labute approximate surface area is 85.8 Å². The average Bonchev–Trinajstić information content (AvgIpc) is 2.17. The van der Waals surface area contributed by atoms with Gasteiger partial charge in [0.1, 0.15) is 0 Å². The van der Waals surface area contributed by atoms with Crippen molar-refractivity contribution in [3.63, 3.8) is 0 Å². The average molecular weight is 211 g/mol. The van der Waals surface area contributed by atoms with E-state index in [1.165, 1.54) is 5.56 Å². The lowest BCUT2D eigenvalue weighted by Gasteiger charge is -2.18. The van der Waals surface area contributed by atoms with Crippen LogP contribution >= 0.6 is 0 Å². The molecule has 3 nitrogen and oxygen atoms in total. The molecule has 0 fully saturated rings. The van der Waals surface area contributed by atoms with Crippen LogP contribution in [-0.4, -0.2) is 15.3 Å². The summed E-state index contributed by atoms with van der Waals surface area (Å²) in [5, 5.41) is 3.30. The largest absolute Gasteiger partial charge is 0.385 e. The first-order valence-electron chi connectivity index (χ1n) is 4.69. The van der Waals surface area contributed by atoms with E-state index in [1.807, 2.05) is 18.2 Å². The van der Waals surface area contributed by atoms with E-state index in [-0.39, 0.29) is 5.75 Å². The molecule has 0 aromatic heterocycles. The molecular formula is C10H13NO2S. The van der Waals surface area contributed by atoms with Gasteiger partial charge in [0.2, 0.25) is 0 Å². The quantitative estimate of drug-likeness (QED) is 0.733. The van der Waals surface area contributed by atoms with Crippen LogP contribution in [-0.2, 0) is 23.3 Å². The van der Waals surface area contributed by atoms with Crippen molar-refractivity contribution >= 4 is 16.8 Å². The first kappa shape index (κ1) is 9.68. The van der Waals surface area contributed by atoms with Gasteiger partial charge in [-0.25, -0.2) is 4.21 Å². The molecule has 0 saturated carbocycles. The fraction of sp³-hybridized carbons (Fsp3) is 0.400. The summed E-state index contributed by atoms with van der Waals surface area (Å²) < 4.78 is 19.4. The Kier molecular flexibility index (Phi) is 2.84. The predicted molar refractivity (Wildman–Crippen MR) is 57.7 cm³/mol. The topological polar surface area (TPSA) is 49.3 Å². The van der Waals surface area contributed by atoms with Crippen LogP contribution in [0.4, 0.5) is 5.69 Å². The van der Waals surface area contributed by atoms with Crippen molar-refractivity contribution in [2.24, 2.45) is 0 Å². The normalized spacial score (nSPS) is 16.9. The van der Waals surface area contributed by atoms with Crippen LogP contribution < -0.4 is 5.32 Å². The van der Waals surface area contributed by atoms with Gasteiger partial charge in [0.15, 0.2) is 11.1 Å². The fourth-order valence-electron chi connectivity index (χ4n) is 1.74. The summed E-state index contributed by atoms with van der Waals surface area (Å²) in [5.74, 6) is 0.217. The van der Waals surface area contributed by atoms with Crippen molar-refractivity contribution in [1.29, 1.82) is 0 Å². The van der Waals surface area contributed by atoms with Crippen LogP contribution in [0, 0.1) is 0 Å². The molecule has 1 heterocycles. The molecule has 0 amide bonds. The van der Waals surface area contributed by atoms with Gasteiger partial charge in [-0.1, -0.05) is 12.1 Å². The third-order valence-corrected chi connectivity index (χ3v) is 2.98. The van der Waals surface area contributed by atoms with Gasteiger partial charge in [0, 0.05) is 12.2 Å². The predicted octanol–water partition coefficient (Wildman–Crippen LogP) is 1.77. The van der Waals surface area contributed by atoms with Crippen molar-refractivity contribution in [1.82, 2.24) is 0 Å². The zero-order valence-electron chi connectivity index (χ0n) is 7.82. The number of nitrogens with one attached hydrogen (secondary N) is 1. The molecule has 1 aromatic rings. The maximum Gasteiger partial charge on any atom is 0.157 e. The summed E-state index contributed by atoms with van der Waals surface area (Å²) in [6.07, 6.45) is 2.27. The van der Waals surface area contributed by atoms with Crippen molar-refractivity contribution in [2.75, 3.05) is 11.9 Å². The zero-order valence-corrected chi connectivity index (χ0v) is 8.64. The first-order valence-corrected chi connectivity index (χ1v) is 5.96. The van der Waals surface area contributed by atoms with Crippen molar-refractivity contribution in [3.8, 4) is 0 Å². The molecule has 4 heteroatoms. The maximum atomic E-state index is 10.6. The van der Waals surface area contributed by atoms with Gasteiger partial charge in [0.05, 0.1) is 5.75 Å². The van der Waals surface area contributed by atoms with Gasteiger partial charge >= 0.3 is 0 Å². The molecule has 0 spiro atoms. The molecular weight excluding hydrogens is 198 g/mol. The van der Waals surface area contributed by atoms with Gasteiger partial charge < -0.3 is 9.87 Å². The molecule has 0 bridgehead atoms. The van der Waals surface area contributed by atoms with E-state index in [9.17, 15) is 4.21 Å². The van der Waals surface area contributed by atoms with Crippen molar-refractivity contribution in [2.45, 2.75) is 18.6 Å². The minimum atomic E-state index is -1.75. The minimum Gasteiger partial charge on any atom is -0.385 e. The van der Waals surface area contributed by atoms with Crippen LogP contribution in [0.5, 0.6) is 0 Å². The van der Waals surface area contributed by atoms with Crippen LogP contribution in [0.15, 0.2) is 18.2 Å². The molecule has 1 unspecified atom stereocenters. The molecule has 14 heavy (non-hydrogen) atoms. The fourth-order valence-corrected chi connectivity index (χ4v) is 2.21. The standard InChI is InChI=1S/C10H13NO2S/c12-14(13)7-8-3-4-9-2-1-5-11-10(9)6-8/h3-4,6,11H,1-2,5,7H2,(H,12,13). The molecule has 1 aromatic carbocycles. The van der Waals surface area contributed by atoms with Gasteiger partial charge in [-0.3, -0.25) is 0 Å². The molecule has 76 valence electrons. The number of anilines is 1. The highest BCUT2D eigenvalue weighted by molar-refractivity contribution is 7.78. The Morgan fingerprint density at radius 3 is 3.14 bits per heavy atom. The van der Waals surface area contributed by atoms with E-state index >= 15 is 0 Å². The van der Waals surface area contributed by atoms with Crippen LogP contribution in [0.2, 0.25) is 0 Å². The lowest BCUT2D eigenvalue weighted by Crippen LogP contribution is -2.11. The summed E-state index contributed by atoms with van der Waals surface area (Å²) in [4.78, 5) is 0. The Balaban J connectivity index is 2.24. The Morgan fingerprint density at radius 1 is 1.50 bits per heavy atom. The summed E-state index contributed by atoms with van der Waals surface area (Å²) in [5.41, 5.74) is 3.35. The molecule has 0 radical (unpaired) electrons. The van der Waals surface area contributed by atoms with E-state index in [0.29, 0.717) is 0 Å². The molecule has 0 aliphatic carbocycles. The lowest BCUT2D eigenvalue weighted by molar-refractivity contribution is 0.563. The van der Waals surface area contributed by atoms with E-state index in [4.69, 9.17) is 4.55 Å². The van der Waals surface area contributed by atoms with E-state index < -0.39 is 11.1 Å². The highest BCUT2D eigenvalue weighted by atomic mass is 32.2. The smallest absolute Gasteiger partial charge is 0.157 e. The number of rotatable bonds is 2. The van der Waals surface area contributed by atoms with Crippen LogP contribution in [0.3, 0.4) is 0 Å². The first-order chi connectivity index (χ1) is 6.75. The monoisotopic (exact) mass is 211 g/mol. The summed E-state index contributed by atoms with van der Waals surface area (Å²) in [6, 6.07) is 5.95. The molecule has 1 aliphatic heterocycles. The third kappa shape index (κ3) is 2.13. The van der Waals surface area contributed by atoms with Gasteiger partial charge in [-0.15, -0.1) is 0 Å². The number of benzene rings is 1. The van der Waals surface area contributed by atoms with Crippen LogP contribution in [0.1, 0.15) is 17.5 Å². The summed E-state index contributed by atoms with van der Waals surface area (Å²) in [7, 11) is 0. The second-order valence-corrected chi connectivity index (χ2v) is 4.42. The second kappa shape index (κ2) is 4.11. The highest BCUT2D eigenvalue weighted by Crippen LogP contribution is 2.23. The SMILES string of the molecule is O=S(O)Cc1ccc2c(c1)NCCC2. The summed E-state index contributed by atoms with van der Waals surface area (Å²) >= 11 is -1.75. The number of fused-ring (bicyclic) bond motifs is 1. The zero-order chi connectivity index (χ0) is 9.97. The Bertz CT molecular complexity index is 365. The highest BCUT2D eigenvalue weighted by Gasteiger charge is 2.09. The summed E-state index contributed by atoms with van der Waals surface area (Å²) in [6.45, 7) is 0.999. The van der Waals surface area contributed by atoms with Crippen LogP contribution in [0.25, 0.3) is 0 Å². The Morgan fingerprint density at radius 2 is 2.36 bits per heavy atom. The van der Waals surface area contributed by atoms with Gasteiger partial charge in [-0.05, 0) is 30.0 Å². The van der Waals surface area contributed by atoms with Gasteiger partial charge in [0.25, 0.3) is 0 Å². The number of hydrogen-bond acceptors (Lipinski definition) is 2. The van der Waals surface area contributed by atoms with Crippen molar-refractivity contribution < 1.29 is 8.76 Å². The maximum absolute atomic E-state index is 10.6. The molecule has 1 atom stereocenters. The molecule has 2 rings (SSSR count). The third-order valence-electron chi connectivity index (χ3n) is 2.40. The minimum absolute atomic E-state index is 0.217. The van der Waals surface area contributed by atoms with E-state index in [2.05, 4.69) is 5.32 Å². The molecule has 0 saturated heterocycles. The van der Waals surface area contributed by atoms with Crippen molar-refractivity contribution in [3.05, 3.63) is 29.3 Å².